The van der Waals surface area contributed by atoms with Gasteiger partial charge in [-0.25, -0.2) is 9.50 Å². The Bertz CT molecular complexity index is 584. The molecular weight excluding hydrogens is 206 g/mol. The number of aryl methyl sites for hydroxylation is 1. The molecule has 1 aliphatic rings. The van der Waals surface area contributed by atoms with Crippen LogP contribution in [-0.2, 0) is 10.2 Å². The molecule has 0 atom stereocenters. The Morgan fingerprint density at radius 3 is 2.81 bits per heavy atom. The zero-order valence-corrected chi connectivity index (χ0v) is 8.84. The van der Waals surface area contributed by atoms with Crippen molar-refractivity contribution >= 4 is 11.6 Å². The van der Waals surface area contributed by atoms with Crippen molar-refractivity contribution in [2.45, 2.75) is 25.2 Å². The zero-order chi connectivity index (χ0) is 11.3. The van der Waals surface area contributed by atoms with Crippen molar-refractivity contribution in [2.75, 3.05) is 0 Å². The van der Waals surface area contributed by atoms with E-state index in [2.05, 4.69) is 10.1 Å². The fraction of sp³-hybridized carbons (Fsp3) is 0.364. The van der Waals surface area contributed by atoms with Crippen molar-refractivity contribution in [3.63, 3.8) is 0 Å². The number of hydrogen-bond donors (Lipinski definition) is 1. The Morgan fingerprint density at radius 1 is 1.50 bits per heavy atom. The Hall–Kier alpha value is -1.91. The number of rotatable bonds is 2. The molecule has 2 heterocycles. The number of carboxylic acid groups (broad SMARTS) is 1. The normalized spacial score (nSPS) is 17.6. The third kappa shape index (κ3) is 1.08. The van der Waals surface area contributed by atoms with Gasteiger partial charge in [-0.3, -0.25) is 4.79 Å². The predicted molar refractivity (Wildman–Crippen MR) is 56.3 cm³/mol. The van der Waals surface area contributed by atoms with Crippen molar-refractivity contribution < 1.29 is 9.90 Å². The highest BCUT2D eigenvalue weighted by Crippen LogP contribution is 2.46. The van der Waals surface area contributed by atoms with Crippen LogP contribution < -0.4 is 0 Å². The first kappa shape index (κ1) is 9.33. The number of carbonyl (C=O) groups is 1. The van der Waals surface area contributed by atoms with Crippen molar-refractivity contribution in [1.82, 2.24) is 14.6 Å². The molecule has 0 saturated heterocycles. The van der Waals surface area contributed by atoms with Crippen molar-refractivity contribution in [1.29, 1.82) is 0 Å². The second kappa shape index (κ2) is 2.81. The number of pyridine rings is 1. The van der Waals surface area contributed by atoms with Gasteiger partial charge in [0.25, 0.3) is 0 Å². The molecule has 3 rings (SSSR count). The molecule has 0 aliphatic heterocycles. The molecule has 1 saturated carbocycles. The van der Waals surface area contributed by atoms with Gasteiger partial charge in [0.1, 0.15) is 5.41 Å². The Balaban J connectivity index is 2.20. The van der Waals surface area contributed by atoms with Gasteiger partial charge in [-0.15, -0.1) is 5.10 Å². The minimum Gasteiger partial charge on any atom is -0.480 e. The van der Waals surface area contributed by atoms with Gasteiger partial charge in [-0.1, -0.05) is 6.07 Å². The van der Waals surface area contributed by atoms with Crippen molar-refractivity contribution in [3.8, 4) is 0 Å². The molecule has 0 unspecified atom stereocenters. The summed E-state index contributed by atoms with van der Waals surface area (Å²) < 4.78 is 1.69. The molecular formula is C11H11N3O2. The van der Waals surface area contributed by atoms with Crippen molar-refractivity contribution in [3.05, 3.63) is 29.7 Å². The molecule has 0 spiro atoms. The third-order valence-corrected chi connectivity index (χ3v) is 3.14. The maximum Gasteiger partial charge on any atom is 0.317 e. The van der Waals surface area contributed by atoms with Crippen LogP contribution in [0.1, 0.15) is 24.4 Å². The second-order valence-corrected chi connectivity index (χ2v) is 4.26. The topological polar surface area (TPSA) is 67.5 Å². The summed E-state index contributed by atoms with van der Waals surface area (Å²) in [5.74, 6) is -0.379. The summed E-state index contributed by atoms with van der Waals surface area (Å²) in [4.78, 5) is 15.5. The average molecular weight is 217 g/mol. The van der Waals surface area contributed by atoms with Crippen LogP contribution in [0.2, 0.25) is 0 Å². The summed E-state index contributed by atoms with van der Waals surface area (Å²) in [5, 5.41) is 13.5. The van der Waals surface area contributed by atoms with E-state index in [-0.39, 0.29) is 0 Å². The summed E-state index contributed by atoms with van der Waals surface area (Å²) in [5.41, 5.74) is 0.846. The van der Waals surface area contributed by atoms with E-state index in [1.165, 1.54) is 0 Å². The molecule has 1 fully saturated rings. The Kier molecular flexibility index (Phi) is 1.64. The Labute approximate surface area is 91.7 Å². The number of hydrogen-bond acceptors (Lipinski definition) is 3. The van der Waals surface area contributed by atoms with E-state index < -0.39 is 11.4 Å². The molecule has 5 heteroatoms. The predicted octanol–water partition coefficient (Wildman–Crippen LogP) is 1.15. The van der Waals surface area contributed by atoms with E-state index in [9.17, 15) is 4.79 Å². The van der Waals surface area contributed by atoms with Gasteiger partial charge in [-0.2, -0.15) is 0 Å². The molecule has 1 N–H and O–H groups in total. The van der Waals surface area contributed by atoms with Crippen LogP contribution >= 0.6 is 0 Å². The molecule has 16 heavy (non-hydrogen) atoms. The zero-order valence-electron chi connectivity index (χ0n) is 8.84. The molecule has 0 amide bonds. The molecule has 2 aromatic heterocycles. The highest BCUT2D eigenvalue weighted by molar-refractivity contribution is 5.83. The summed E-state index contributed by atoms with van der Waals surface area (Å²) in [6.45, 7) is 1.92. The number of fused-ring (bicyclic) bond motifs is 1. The molecule has 1 aliphatic carbocycles. The van der Waals surface area contributed by atoms with Gasteiger partial charge < -0.3 is 5.11 Å². The third-order valence-electron chi connectivity index (χ3n) is 3.14. The number of aromatic nitrogens is 3. The van der Waals surface area contributed by atoms with E-state index in [0.717, 1.165) is 5.69 Å². The van der Waals surface area contributed by atoms with Gasteiger partial charge >= 0.3 is 5.97 Å². The molecule has 2 aromatic rings. The van der Waals surface area contributed by atoms with Crippen LogP contribution in [0.3, 0.4) is 0 Å². The maximum atomic E-state index is 11.2. The van der Waals surface area contributed by atoms with Gasteiger partial charge in [0, 0.05) is 5.69 Å². The smallest absolute Gasteiger partial charge is 0.317 e. The first-order valence-corrected chi connectivity index (χ1v) is 5.20. The Morgan fingerprint density at radius 2 is 2.25 bits per heavy atom. The van der Waals surface area contributed by atoms with Crippen molar-refractivity contribution in [2.24, 2.45) is 0 Å². The van der Waals surface area contributed by atoms with Crippen LogP contribution in [0.5, 0.6) is 0 Å². The number of carboxylic acids is 1. The lowest BCUT2D eigenvalue weighted by atomic mass is 10.1. The minimum atomic E-state index is -0.821. The molecule has 0 radical (unpaired) electrons. The fourth-order valence-corrected chi connectivity index (χ4v) is 1.90. The van der Waals surface area contributed by atoms with Crippen LogP contribution in [0, 0.1) is 6.92 Å². The van der Waals surface area contributed by atoms with E-state index in [0.29, 0.717) is 24.3 Å². The number of nitrogens with zero attached hydrogens (tertiary/aromatic N) is 3. The monoisotopic (exact) mass is 217 g/mol. The van der Waals surface area contributed by atoms with Gasteiger partial charge in [-0.05, 0) is 31.9 Å². The molecule has 5 nitrogen and oxygen atoms in total. The summed E-state index contributed by atoms with van der Waals surface area (Å²) in [6.07, 6.45) is 1.27. The lowest BCUT2D eigenvalue weighted by molar-refractivity contribution is -0.140. The molecule has 82 valence electrons. The average Bonchev–Trinajstić information content (AvgIpc) is 2.94. The van der Waals surface area contributed by atoms with Gasteiger partial charge in [0.2, 0.25) is 0 Å². The highest BCUT2D eigenvalue weighted by atomic mass is 16.4. The first-order valence-electron chi connectivity index (χ1n) is 5.20. The highest BCUT2D eigenvalue weighted by Gasteiger charge is 2.55. The fourth-order valence-electron chi connectivity index (χ4n) is 1.90. The minimum absolute atomic E-state index is 0.439. The summed E-state index contributed by atoms with van der Waals surface area (Å²) in [6, 6.07) is 5.65. The van der Waals surface area contributed by atoms with Crippen LogP contribution in [0.15, 0.2) is 18.2 Å². The van der Waals surface area contributed by atoms with E-state index in [1.54, 1.807) is 4.52 Å². The van der Waals surface area contributed by atoms with Crippen LogP contribution in [-0.4, -0.2) is 25.7 Å². The van der Waals surface area contributed by atoms with E-state index >= 15 is 0 Å². The SMILES string of the molecule is Cc1cccc2nc(C3(C(=O)O)CC3)nn12. The van der Waals surface area contributed by atoms with E-state index in [1.807, 2.05) is 25.1 Å². The van der Waals surface area contributed by atoms with Gasteiger partial charge in [0.05, 0.1) is 0 Å². The quantitative estimate of drug-likeness (QED) is 0.819. The first-order chi connectivity index (χ1) is 7.63. The largest absolute Gasteiger partial charge is 0.480 e. The maximum absolute atomic E-state index is 11.2. The number of aliphatic carboxylic acids is 1. The van der Waals surface area contributed by atoms with E-state index in [4.69, 9.17) is 5.11 Å². The van der Waals surface area contributed by atoms with Gasteiger partial charge in [0.15, 0.2) is 11.5 Å². The lowest BCUT2D eigenvalue weighted by Crippen LogP contribution is -2.21. The second-order valence-electron chi connectivity index (χ2n) is 4.26. The molecule has 0 aromatic carbocycles. The summed E-state index contributed by atoms with van der Waals surface area (Å²) >= 11 is 0. The lowest BCUT2D eigenvalue weighted by Gasteiger charge is -2.02. The summed E-state index contributed by atoms with van der Waals surface area (Å²) in [7, 11) is 0. The molecule has 0 bridgehead atoms. The van der Waals surface area contributed by atoms with Crippen LogP contribution in [0.4, 0.5) is 0 Å². The van der Waals surface area contributed by atoms with Crippen LogP contribution in [0.25, 0.3) is 5.65 Å². The standard InChI is InChI=1S/C11H11N3O2/c1-7-3-2-4-8-12-9(13-14(7)8)11(5-6-11)10(15)16/h2-4H,5-6H2,1H3,(H,15,16).